The number of carbonyl (C=O) groups excluding carboxylic acids is 1. The number of amides is 1. The van der Waals surface area contributed by atoms with Crippen molar-refractivity contribution in [3.8, 4) is 0 Å². The van der Waals surface area contributed by atoms with Gasteiger partial charge in [0.25, 0.3) is 0 Å². The minimum absolute atomic E-state index is 0.297. The number of carbonyl (C=O) groups is 1. The second-order valence-corrected chi connectivity index (χ2v) is 7.44. The summed E-state index contributed by atoms with van der Waals surface area (Å²) in [6, 6.07) is 5.15. The van der Waals surface area contributed by atoms with Crippen molar-refractivity contribution >= 4 is 40.2 Å². The Balaban J connectivity index is 1.74. The number of fused-ring (bicyclic) bond motifs is 1. The Labute approximate surface area is 157 Å². The Hall–Kier alpha value is -2.59. The third-order valence-corrected chi connectivity index (χ3v) is 4.20. The van der Waals surface area contributed by atoms with Gasteiger partial charge in [-0.15, -0.1) is 0 Å². The maximum Gasteiger partial charge on any atom is 0.410 e. The zero-order valence-corrected chi connectivity index (χ0v) is 15.7. The molecule has 0 N–H and O–H groups in total. The van der Waals surface area contributed by atoms with Crippen LogP contribution in [0.15, 0.2) is 18.2 Å². The fourth-order valence-corrected chi connectivity index (χ4v) is 2.96. The smallest absolute Gasteiger partial charge is 0.410 e. The molecule has 0 bridgehead atoms. The molecule has 7 nitrogen and oxygen atoms in total. The Kier molecular flexibility index (Phi) is 4.88. The van der Waals surface area contributed by atoms with Crippen LogP contribution in [0.1, 0.15) is 20.8 Å². The van der Waals surface area contributed by atoms with E-state index in [0.29, 0.717) is 53.9 Å². The van der Waals surface area contributed by atoms with Crippen LogP contribution in [0.5, 0.6) is 0 Å². The molecule has 8 heteroatoms. The number of benzene rings is 1. The molecule has 1 amide bonds. The summed E-state index contributed by atoms with van der Waals surface area (Å²) in [5.41, 5.74) is 1.28. The normalized spacial score (nSPS) is 15.0. The largest absolute Gasteiger partial charge is 0.444 e. The summed E-state index contributed by atoms with van der Waals surface area (Å²) in [5.74, 6) is 0.596. The van der Waals surface area contributed by atoms with Crippen LogP contribution >= 0.6 is 11.6 Å². The maximum absolute atomic E-state index is 12.2. The number of rotatable bonds is 1. The highest BCUT2D eigenvalue weighted by atomic mass is 35.5. The lowest BCUT2D eigenvalue weighted by Gasteiger charge is -2.36. The number of anilines is 1. The van der Waals surface area contributed by atoms with Crippen molar-refractivity contribution in [1.29, 1.82) is 0 Å². The lowest BCUT2D eigenvalue weighted by molar-refractivity contribution is 0.0240. The summed E-state index contributed by atoms with van der Waals surface area (Å²) < 4.78 is 5.41. The number of aromatic nitrogens is 2. The molecule has 1 aromatic heterocycles. The second-order valence-electron chi connectivity index (χ2n) is 7.08. The predicted molar refractivity (Wildman–Crippen MR) is 101 cm³/mol. The molecule has 1 aliphatic rings. The highest BCUT2D eigenvalue weighted by molar-refractivity contribution is 6.32. The molecular formula is C18H20ClN5O2. The van der Waals surface area contributed by atoms with Crippen molar-refractivity contribution in [2.45, 2.75) is 26.4 Å². The summed E-state index contributed by atoms with van der Waals surface area (Å²) in [7, 11) is 0. The van der Waals surface area contributed by atoms with E-state index in [1.807, 2.05) is 25.7 Å². The van der Waals surface area contributed by atoms with E-state index in [-0.39, 0.29) is 6.09 Å². The van der Waals surface area contributed by atoms with Gasteiger partial charge in [-0.1, -0.05) is 17.7 Å². The molecule has 1 aliphatic heterocycles. The van der Waals surface area contributed by atoms with Crippen molar-refractivity contribution < 1.29 is 9.53 Å². The number of halogens is 1. The quantitative estimate of drug-likeness (QED) is 0.709. The van der Waals surface area contributed by atoms with E-state index in [4.69, 9.17) is 22.9 Å². The van der Waals surface area contributed by atoms with E-state index in [9.17, 15) is 4.79 Å². The SMILES string of the molecule is [C-]#[N+]c1ccc2nc(N3CCN(C(=O)OC(C)(C)C)CC3)c(Cl)nc2c1. The van der Waals surface area contributed by atoms with Gasteiger partial charge in [0.1, 0.15) is 5.60 Å². The van der Waals surface area contributed by atoms with Crippen molar-refractivity contribution in [2.24, 2.45) is 0 Å². The Morgan fingerprint density at radius 2 is 1.88 bits per heavy atom. The molecule has 1 saturated heterocycles. The van der Waals surface area contributed by atoms with Gasteiger partial charge >= 0.3 is 6.09 Å². The molecular weight excluding hydrogens is 354 g/mol. The molecule has 26 heavy (non-hydrogen) atoms. The fourth-order valence-electron chi connectivity index (χ4n) is 2.71. The van der Waals surface area contributed by atoms with Crippen LogP contribution in [0, 0.1) is 6.57 Å². The third kappa shape index (κ3) is 3.97. The van der Waals surface area contributed by atoms with Gasteiger partial charge in [-0.25, -0.2) is 19.6 Å². The van der Waals surface area contributed by atoms with E-state index in [1.54, 1.807) is 23.1 Å². The first-order chi connectivity index (χ1) is 12.3. The zero-order valence-electron chi connectivity index (χ0n) is 15.0. The molecule has 0 saturated carbocycles. The van der Waals surface area contributed by atoms with Crippen LogP contribution < -0.4 is 4.90 Å². The zero-order chi connectivity index (χ0) is 18.9. The molecule has 0 radical (unpaired) electrons. The number of piperazine rings is 1. The minimum atomic E-state index is -0.508. The molecule has 1 aromatic carbocycles. The van der Waals surface area contributed by atoms with Crippen LogP contribution in [-0.2, 0) is 4.74 Å². The molecule has 0 unspecified atom stereocenters. The van der Waals surface area contributed by atoms with E-state index < -0.39 is 5.60 Å². The lowest BCUT2D eigenvalue weighted by Crippen LogP contribution is -2.50. The van der Waals surface area contributed by atoms with Crippen LogP contribution in [0.2, 0.25) is 5.15 Å². The first kappa shape index (κ1) is 18.2. The minimum Gasteiger partial charge on any atom is -0.444 e. The number of hydrogen-bond acceptors (Lipinski definition) is 5. The topological polar surface area (TPSA) is 62.9 Å². The van der Waals surface area contributed by atoms with E-state index in [2.05, 4.69) is 14.8 Å². The summed E-state index contributed by atoms with van der Waals surface area (Å²) in [5, 5.41) is 0.297. The number of ether oxygens (including phenoxy) is 1. The average molecular weight is 374 g/mol. The first-order valence-electron chi connectivity index (χ1n) is 8.34. The third-order valence-electron chi connectivity index (χ3n) is 3.95. The standard InChI is InChI=1S/C18H20ClN5O2/c1-18(2,3)26-17(25)24-9-7-23(8-10-24)16-15(19)21-14-11-12(20-4)5-6-13(14)22-16/h5-6,11H,7-10H2,1-3H3. The van der Waals surface area contributed by atoms with Crippen LogP contribution in [0.3, 0.4) is 0 Å². The lowest BCUT2D eigenvalue weighted by atomic mass is 10.2. The highest BCUT2D eigenvalue weighted by Crippen LogP contribution is 2.27. The summed E-state index contributed by atoms with van der Waals surface area (Å²) in [6.07, 6.45) is -0.306. The molecule has 136 valence electrons. The van der Waals surface area contributed by atoms with Gasteiger partial charge in [-0.05, 0) is 32.9 Å². The molecule has 3 rings (SSSR count). The molecule has 0 aliphatic carbocycles. The van der Waals surface area contributed by atoms with Crippen molar-refractivity contribution in [2.75, 3.05) is 31.1 Å². The molecule has 2 heterocycles. The average Bonchev–Trinajstić information content (AvgIpc) is 2.59. The monoisotopic (exact) mass is 373 g/mol. The predicted octanol–water partition coefficient (Wildman–Crippen LogP) is 3.89. The van der Waals surface area contributed by atoms with Gasteiger partial charge in [0.15, 0.2) is 16.7 Å². The maximum atomic E-state index is 12.2. The molecule has 0 spiro atoms. The van der Waals surface area contributed by atoms with Crippen LogP contribution in [0.4, 0.5) is 16.3 Å². The molecule has 1 fully saturated rings. The van der Waals surface area contributed by atoms with Crippen LogP contribution in [0.25, 0.3) is 15.9 Å². The molecule has 0 atom stereocenters. The Bertz CT molecular complexity index is 880. The molecule has 2 aromatic rings. The van der Waals surface area contributed by atoms with Crippen molar-refractivity contribution in [1.82, 2.24) is 14.9 Å². The first-order valence-corrected chi connectivity index (χ1v) is 8.72. The van der Waals surface area contributed by atoms with E-state index in [1.165, 1.54) is 0 Å². The highest BCUT2D eigenvalue weighted by Gasteiger charge is 2.27. The van der Waals surface area contributed by atoms with Gasteiger partial charge in [-0.2, -0.15) is 0 Å². The van der Waals surface area contributed by atoms with Gasteiger partial charge in [-0.3, -0.25) is 0 Å². The van der Waals surface area contributed by atoms with E-state index >= 15 is 0 Å². The Morgan fingerprint density at radius 3 is 2.50 bits per heavy atom. The van der Waals surface area contributed by atoms with Crippen LogP contribution in [-0.4, -0.2) is 52.7 Å². The fraction of sp³-hybridized carbons (Fsp3) is 0.444. The van der Waals surface area contributed by atoms with E-state index in [0.717, 1.165) is 0 Å². The van der Waals surface area contributed by atoms with Crippen molar-refractivity contribution in [3.63, 3.8) is 0 Å². The summed E-state index contributed by atoms with van der Waals surface area (Å²) in [6.45, 7) is 14.9. The summed E-state index contributed by atoms with van der Waals surface area (Å²) >= 11 is 6.32. The summed E-state index contributed by atoms with van der Waals surface area (Å²) in [4.78, 5) is 28.2. The van der Waals surface area contributed by atoms with Gasteiger partial charge in [0, 0.05) is 26.2 Å². The number of nitrogens with zero attached hydrogens (tertiary/aromatic N) is 5. The second kappa shape index (κ2) is 6.96. The Morgan fingerprint density at radius 1 is 1.19 bits per heavy atom. The van der Waals surface area contributed by atoms with Gasteiger partial charge in [0.05, 0.1) is 17.6 Å². The number of hydrogen-bond donors (Lipinski definition) is 0. The van der Waals surface area contributed by atoms with Gasteiger partial charge in [0.2, 0.25) is 0 Å². The van der Waals surface area contributed by atoms with Gasteiger partial charge < -0.3 is 14.5 Å². The van der Waals surface area contributed by atoms with Crippen molar-refractivity contribution in [3.05, 3.63) is 34.8 Å².